The summed E-state index contributed by atoms with van der Waals surface area (Å²) in [7, 11) is 0. The van der Waals surface area contributed by atoms with Gasteiger partial charge in [-0.1, -0.05) is 107 Å². The molecule has 50 heavy (non-hydrogen) atoms. The van der Waals surface area contributed by atoms with Crippen LogP contribution in [-0.2, 0) is 27.9 Å². The Balaban J connectivity index is 0.000000188. The zero-order chi connectivity index (χ0) is 36.0. The Morgan fingerprint density at radius 1 is 0.760 bits per heavy atom. The minimum atomic E-state index is -0.950. The molecule has 3 aromatic carbocycles. The molecule has 1 unspecified atom stereocenters. The van der Waals surface area contributed by atoms with Crippen LogP contribution in [0.5, 0.6) is 0 Å². The highest BCUT2D eigenvalue weighted by Crippen LogP contribution is 2.13. The van der Waals surface area contributed by atoms with E-state index in [4.69, 9.17) is 9.84 Å². The number of aliphatic hydroxyl groups is 1. The number of aromatic carboxylic acids is 1. The summed E-state index contributed by atoms with van der Waals surface area (Å²) < 4.78 is 13.2. The van der Waals surface area contributed by atoms with Gasteiger partial charge in [-0.15, -0.1) is 0 Å². The summed E-state index contributed by atoms with van der Waals surface area (Å²) in [6, 6.07) is 30.1. The quantitative estimate of drug-likeness (QED) is 0.0741. The third-order valence-corrected chi connectivity index (χ3v) is 7.17. The van der Waals surface area contributed by atoms with Gasteiger partial charge in [-0.25, -0.2) is 9.59 Å². The molecule has 0 bridgehead atoms. The fraction of sp³-hybridized carbons (Fsp3) is 0.216. The van der Waals surface area contributed by atoms with Crippen molar-refractivity contribution in [2.45, 2.75) is 38.6 Å². The number of rotatable bonds is 11. The predicted octanol–water partition coefficient (Wildman–Crippen LogP) is 6.76. The molecule has 0 amide bonds. The number of halogens is 1. The smallest absolute Gasteiger partial charge is 0.341 e. The Bertz CT molecular complexity index is 1780. The first-order valence-corrected chi connectivity index (χ1v) is 16.9. The van der Waals surface area contributed by atoms with E-state index < -0.39 is 12.3 Å². The second-order valence-electron chi connectivity index (χ2n) is 10.3. The monoisotopic (exact) mass is 744 g/mol. The highest BCUT2D eigenvalue weighted by molar-refractivity contribution is 9.08. The van der Waals surface area contributed by atoms with Crippen molar-refractivity contribution in [2.75, 3.05) is 13.2 Å². The van der Waals surface area contributed by atoms with Gasteiger partial charge < -0.3 is 19.7 Å². The number of carboxylic acids is 1. The van der Waals surface area contributed by atoms with Crippen LogP contribution in [0.15, 0.2) is 128 Å². The molecule has 0 aliphatic carbocycles. The lowest BCUT2D eigenvalue weighted by atomic mass is 10.2. The number of H-pyrrole nitrogens is 1. The van der Waals surface area contributed by atoms with Crippen LogP contribution >= 0.6 is 15.9 Å². The Morgan fingerprint density at radius 3 is 1.74 bits per heavy atom. The minimum absolute atomic E-state index is 0.214. The van der Waals surface area contributed by atoms with Gasteiger partial charge in [-0.05, 0) is 30.5 Å². The topological polar surface area (TPSA) is 157 Å². The number of aromatic amines is 1. The third kappa shape index (κ3) is 14.4. The van der Waals surface area contributed by atoms with E-state index in [2.05, 4.69) is 53.2 Å². The number of aromatic nitrogens is 6. The van der Waals surface area contributed by atoms with Crippen molar-refractivity contribution in [3.05, 3.63) is 162 Å². The first kappa shape index (κ1) is 39.1. The number of aliphatic hydroxyl groups excluding tert-OH is 1. The highest BCUT2D eigenvalue weighted by atomic mass is 79.9. The number of hydrogen-bond donors (Lipinski definition) is 3. The lowest BCUT2D eigenvalue weighted by Crippen LogP contribution is -2.02. The van der Waals surface area contributed by atoms with E-state index in [1.54, 1.807) is 28.7 Å². The van der Waals surface area contributed by atoms with Crippen LogP contribution in [0.2, 0.25) is 0 Å². The molecular formula is C37H41BrN6O6. The third-order valence-electron chi connectivity index (χ3n) is 6.52. The average molecular weight is 746 g/mol. The normalized spacial score (nSPS) is 10.6. The number of hydrogen-bond acceptors (Lipinski definition) is 8. The molecule has 0 aliphatic heterocycles. The zero-order valence-corrected chi connectivity index (χ0v) is 29.5. The Morgan fingerprint density at radius 2 is 1.30 bits per heavy atom. The molecule has 0 fully saturated rings. The number of nitrogens with zero attached hydrogens (tertiary/aromatic N) is 5. The lowest BCUT2D eigenvalue weighted by molar-refractivity contribution is -0.0980. The summed E-state index contributed by atoms with van der Waals surface area (Å²) in [5.41, 5.74) is 4.95. The van der Waals surface area contributed by atoms with Crippen molar-refractivity contribution in [3.8, 4) is 0 Å². The van der Waals surface area contributed by atoms with Crippen LogP contribution in [0.1, 0.15) is 63.1 Å². The van der Waals surface area contributed by atoms with Gasteiger partial charge in [0.15, 0.2) is 6.29 Å². The highest BCUT2D eigenvalue weighted by Gasteiger charge is 2.09. The van der Waals surface area contributed by atoms with E-state index in [9.17, 15) is 14.7 Å². The maximum absolute atomic E-state index is 10.8. The van der Waals surface area contributed by atoms with Crippen molar-refractivity contribution in [1.29, 1.82) is 0 Å². The summed E-state index contributed by atoms with van der Waals surface area (Å²) in [6.45, 7) is 5.76. The van der Waals surface area contributed by atoms with Gasteiger partial charge in [-0.3, -0.25) is 14.5 Å². The van der Waals surface area contributed by atoms with Crippen molar-refractivity contribution < 1.29 is 29.3 Å². The number of alkyl halides is 1. The number of ether oxygens (including phenoxy) is 2. The summed E-state index contributed by atoms with van der Waals surface area (Å²) in [6.07, 6.45) is 8.34. The molecule has 1 atom stereocenters. The first-order valence-electron chi connectivity index (χ1n) is 15.7. The van der Waals surface area contributed by atoms with Crippen molar-refractivity contribution in [1.82, 2.24) is 29.8 Å². The van der Waals surface area contributed by atoms with Gasteiger partial charge in [0.05, 0.1) is 49.4 Å². The second kappa shape index (κ2) is 22.3. The molecule has 262 valence electrons. The molecule has 3 aromatic heterocycles. The van der Waals surface area contributed by atoms with Crippen LogP contribution in [-0.4, -0.2) is 65.1 Å². The van der Waals surface area contributed by atoms with E-state index in [1.807, 2.05) is 85.8 Å². The maximum Gasteiger partial charge on any atom is 0.341 e. The molecule has 6 aromatic rings. The molecule has 13 heteroatoms. The Hall–Kier alpha value is -5.37. The van der Waals surface area contributed by atoms with Crippen LogP contribution in [0, 0.1) is 0 Å². The summed E-state index contributed by atoms with van der Waals surface area (Å²) in [5.74, 6) is -1.29. The number of nitrogens with one attached hydrogen (secondary N) is 1. The van der Waals surface area contributed by atoms with Gasteiger partial charge in [0.25, 0.3) is 0 Å². The molecule has 3 N–H and O–H groups in total. The number of carbonyl (C=O) groups is 2. The van der Waals surface area contributed by atoms with E-state index in [0.717, 1.165) is 10.9 Å². The summed E-state index contributed by atoms with van der Waals surface area (Å²) in [5, 5.41) is 33.6. The van der Waals surface area contributed by atoms with Gasteiger partial charge in [0.1, 0.15) is 0 Å². The summed E-state index contributed by atoms with van der Waals surface area (Å²) in [4.78, 5) is 21.4. The second-order valence-corrected chi connectivity index (χ2v) is 10.9. The molecule has 6 rings (SSSR count). The predicted molar refractivity (Wildman–Crippen MR) is 193 cm³/mol. The standard InChI is InChI=1S/C13H16N2O2.C11H10N2O2.C7H7Br.C6H8N2O2/c1-2-17-13(16)12-8-14-15(10-12)9-11-6-4-3-5-7-11;14-11(15)10-6-12-13(8-10)7-9-4-2-1-3-5-9;8-6-7-4-2-1-3-5-7;1-2-10-6(9)5-3-7-8-4-5/h3-8,10,13,16H,2,9H2,1H3;1-6,8H,7H2,(H,14,15);1-5H,6H2;3-4H,2H2,1H3,(H,7,8). The largest absolute Gasteiger partial charge is 0.478 e. The summed E-state index contributed by atoms with van der Waals surface area (Å²) >= 11 is 3.36. The molecule has 12 nitrogen and oxygen atoms in total. The Labute approximate surface area is 299 Å². The van der Waals surface area contributed by atoms with Crippen molar-refractivity contribution >= 4 is 27.9 Å². The van der Waals surface area contributed by atoms with E-state index in [0.29, 0.717) is 37.4 Å². The van der Waals surface area contributed by atoms with Gasteiger partial charge >= 0.3 is 11.9 Å². The Kier molecular flexibility index (Phi) is 17.4. The average Bonchev–Trinajstić information content (AvgIpc) is 3.94. The van der Waals surface area contributed by atoms with E-state index in [-0.39, 0.29) is 11.5 Å². The van der Waals surface area contributed by atoms with E-state index in [1.165, 1.54) is 35.9 Å². The number of esters is 1. The fourth-order valence-electron chi connectivity index (χ4n) is 4.09. The van der Waals surface area contributed by atoms with Crippen LogP contribution in [0.4, 0.5) is 0 Å². The zero-order valence-electron chi connectivity index (χ0n) is 27.9. The lowest BCUT2D eigenvalue weighted by Gasteiger charge is -2.06. The molecule has 0 saturated carbocycles. The SMILES string of the molecule is BrCc1ccccc1.CCOC(=O)c1cn[nH]c1.CCOC(O)c1cnn(Cc2ccccc2)c1.O=C(O)c1cnn(Cc2ccccc2)c1. The first-order chi connectivity index (χ1) is 24.3. The molecule has 0 aliphatic rings. The fourth-order valence-corrected chi connectivity index (χ4v) is 4.47. The van der Waals surface area contributed by atoms with Gasteiger partial charge in [0.2, 0.25) is 0 Å². The molecular weight excluding hydrogens is 704 g/mol. The maximum atomic E-state index is 10.8. The van der Waals surface area contributed by atoms with Crippen LogP contribution < -0.4 is 0 Å². The van der Waals surface area contributed by atoms with Crippen LogP contribution in [0.3, 0.4) is 0 Å². The number of carboxylic acid groups (broad SMARTS) is 1. The number of benzene rings is 3. The van der Waals surface area contributed by atoms with E-state index >= 15 is 0 Å². The molecule has 3 heterocycles. The van der Waals surface area contributed by atoms with Crippen molar-refractivity contribution in [3.63, 3.8) is 0 Å². The molecule has 0 spiro atoms. The van der Waals surface area contributed by atoms with Crippen LogP contribution in [0.25, 0.3) is 0 Å². The van der Waals surface area contributed by atoms with Crippen molar-refractivity contribution in [2.24, 2.45) is 0 Å². The molecule has 0 radical (unpaired) electrons. The number of carbonyl (C=O) groups excluding carboxylic acids is 1. The van der Waals surface area contributed by atoms with Gasteiger partial charge in [0, 0.05) is 36.1 Å². The van der Waals surface area contributed by atoms with Gasteiger partial charge in [-0.2, -0.15) is 15.3 Å². The molecule has 0 saturated heterocycles. The minimum Gasteiger partial charge on any atom is -0.478 e.